The third kappa shape index (κ3) is 7.48. The maximum absolute atomic E-state index is 6.83. The highest BCUT2D eigenvalue weighted by Gasteiger charge is 2.38. The van der Waals surface area contributed by atoms with E-state index in [-0.39, 0.29) is 10.1 Å². The lowest BCUT2D eigenvalue weighted by Gasteiger charge is -2.37. The summed E-state index contributed by atoms with van der Waals surface area (Å²) >= 11 is 1.91. The lowest BCUT2D eigenvalue weighted by molar-refractivity contribution is 0.554. The quantitative estimate of drug-likeness (QED) is 0.139. The molecule has 3 rings (SSSR count). The Morgan fingerprint density at radius 1 is 0.576 bits per heavy atom. The van der Waals surface area contributed by atoms with Gasteiger partial charge in [0.05, 0.1) is 10.1 Å². The topological polar surface area (TPSA) is 26.0 Å². The van der Waals surface area contributed by atoms with E-state index in [2.05, 4.69) is 97.9 Å². The van der Waals surface area contributed by atoms with Crippen LogP contribution in [0.5, 0.6) is 0 Å². The van der Waals surface area contributed by atoms with Crippen LogP contribution in [0, 0.1) is 0 Å². The lowest BCUT2D eigenvalue weighted by atomic mass is 9.84. The predicted molar refractivity (Wildman–Crippen MR) is 147 cm³/mol. The molecule has 0 saturated carbocycles. The summed E-state index contributed by atoms with van der Waals surface area (Å²) in [5, 5.41) is 0.0789. The molecule has 0 radical (unpaired) electrons. The van der Waals surface area contributed by atoms with Crippen molar-refractivity contribution in [2.45, 2.75) is 81.3 Å². The minimum absolute atomic E-state index is 0.0789. The summed E-state index contributed by atoms with van der Waals surface area (Å²) in [5.74, 6) is 0. The smallest absolute Gasteiger partial charge is 0.0922 e. The van der Waals surface area contributed by atoms with Crippen molar-refractivity contribution in [3.05, 3.63) is 108 Å². The normalized spacial score (nSPS) is 12.5. The molecule has 0 bridgehead atoms. The van der Waals surface area contributed by atoms with Gasteiger partial charge in [-0.15, -0.1) is 11.8 Å². The van der Waals surface area contributed by atoms with Gasteiger partial charge in [0.1, 0.15) is 0 Å². The minimum Gasteiger partial charge on any atom is -0.319 e. The molecule has 1 atom stereocenters. The van der Waals surface area contributed by atoms with E-state index in [0.717, 1.165) is 6.42 Å². The Balaban J connectivity index is 1.70. The Morgan fingerprint density at radius 2 is 0.939 bits per heavy atom. The summed E-state index contributed by atoms with van der Waals surface area (Å²) in [4.78, 5) is 0. The summed E-state index contributed by atoms with van der Waals surface area (Å²) in [7, 11) is 0. The van der Waals surface area contributed by atoms with Gasteiger partial charge in [-0.25, -0.2) is 0 Å². The van der Waals surface area contributed by atoms with E-state index in [1.165, 1.54) is 74.5 Å². The molecule has 3 aromatic carbocycles. The Labute approximate surface area is 206 Å². The first-order chi connectivity index (χ1) is 16.3. The molecule has 33 heavy (non-hydrogen) atoms. The van der Waals surface area contributed by atoms with E-state index in [4.69, 9.17) is 5.73 Å². The van der Waals surface area contributed by atoms with Crippen LogP contribution in [0.1, 0.15) is 87.8 Å². The molecule has 0 saturated heterocycles. The number of nitrogens with two attached hydrogens (primary N) is 1. The zero-order valence-electron chi connectivity index (χ0n) is 20.3. The van der Waals surface area contributed by atoms with Crippen LogP contribution in [-0.4, -0.2) is 5.37 Å². The molecule has 1 unspecified atom stereocenters. The molecule has 1 nitrogen and oxygen atoms in total. The van der Waals surface area contributed by atoms with Crippen molar-refractivity contribution in [2.75, 3.05) is 0 Å². The molecular weight excluding hydrogens is 418 g/mol. The average Bonchev–Trinajstić information content (AvgIpc) is 2.88. The summed E-state index contributed by atoms with van der Waals surface area (Å²) in [6, 6.07) is 32.6. The standard InChI is InChI=1S/C31H41NS/c1-2-3-4-5-6-7-8-9-19-26-30(32)33-31(27-20-13-10-14-21-27,28-22-15-11-16-23-28)29-24-17-12-18-25-29/h10-18,20-25,30H,2-9,19,26,32H2,1H3. The zero-order valence-corrected chi connectivity index (χ0v) is 21.1. The van der Waals surface area contributed by atoms with Crippen molar-refractivity contribution in [1.82, 2.24) is 0 Å². The summed E-state index contributed by atoms with van der Waals surface area (Å²) in [5.41, 5.74) is 10.7. The zero-order chi connectivity index (χ0) is 23.2. The average molecular weight is 460 g/mol. The van der Waals surface area contributed by atoms with Crippen molar-refractivity contribution in [3.8, 4) is 0 Å². The highest BCUT2D eigenvalue weighted by molar-refractivity contribution is 8.01. The molecule has 0 aromatic heterocycles. The molecule has 2 heteroatoms. The van der Waals surface area contributed by atoms with Crippen LogP contribution in [0.4, 0.5) is 0 Å². The van der Waals surface area contributed by atoms with E-state index in [1.807, 2.05) is 11.8 Å². The Morgan fingerprint density at radius 3 is 1.33 bits per heavy atom. The predicted octanol–water partition coefficient (Wildman–Crippen LogP) is 8.92. The van der Waals surface area contributed by atoms with Gasteiger partial charge in [0.15, 0.2) is 0 Å². The first-order valence-electron chi connectivity index (χ1n) is 12.9. The van der Waals surface area contributed by atoms with E-state index < -0.39 is 0 Å². The fourth-order valence-electron chi connectivity index (χ4n) is 4.66. The molecular formula is C31H41NS. The Kier molecular flexibility index (Phi) is 11.1. The number of hydrogen-bond donors (Lipinski definition) is 1. The van der Waals surface area contributed by atoms with Gasteiger partial charge in [-0.05, 0) is 23.1 Å². The fraction of sp³-hybridized carbons (Fsp3) is 0.419. The number of unbranched alkanes of at least 4 members (excludes halogenated alkanes) is 8. The second kappa shape index (κ2) is 14.3. The highest BCUT2D eigenvalue weighted by atomic mass is 32.2. The van der Waals surface area contributed by atoms with Gasteiger partial charge in [0.25, 0.3) is 0 Å². The third-order valence-electron chi connectivity index (χ3n) is 6.46. The number of benzene rings is 3. The number of hydrogen-bond acceptors (Lipinski definition) is 2. The van der Waals surface area contributed by atoms with Crippen LogP contribution in [-0.2, 0) is 4.75 Å². The van der Waals surface area contributed by atoms with Crippen molar-refractivity contribution in [3.63, 3.8) is 0 Å². The van der Waals surface area contributed by atoms with Crippen LogP contribution >= 0.6 is 11.8 Å². The monoisotopic (exact) mass is 459 g/mol. The van der Waals surface area contributed by atoms with E-state index in [1.54, 1.807) is 0 Å². The summed E-state index contributed by atoms with van der Waals surface area (Å²) in [6.45, 7) is 2.28. The van der Waals surface area contributed by atoms with Gasteiger partial charge in [-0.1, -0.05) is 156 Å². The third-order valence-corrected chi connectivity index (χ3v) is 8.06. The number of rotatable bonds is 15. The number of thioether (sulfide) groups is 1. The van der Waals surface area contributed by atoms with Gasteiger partial charge in [0, 0.05) is 0 Å². The molecule has 0 aliphatic heterocycles. The molecule has 2 N–H and O–H groups in total. The van der Waals surface area contributed by atoms with E-state index in [0.29, 0.717) is 0 Å². The van der Waals surface area contributed by atoms with Gasteiger partial charge in [-0.2, -0.15) is 0 Å². The maximum atomic E-state index is 6.83. The van der Waals surface area contributed by atoms with Crippen LogP contribution in [0.25, 0.3) is 0 Å². The maximum Gasteiger partial charge on any atom is 0.0922 e. The largest absolute Gasteiger partial charge is 0.319 e. The molecule has 0 fully saturated rings. The molecule has 0 spiro atoms. The van der Waals surface area contributed by atoms with Gasteiger partial charge >= 0.3 is 0 Å². The second-order valence-corrected chi connectivity index (χ2v) is 10.5. The summed E-state index contributed by atoms with van der Waals surface area (Å²) < 4.78 is -0.317. The molecule has 0 heterocycles. The van der Waals surface area contributed by atoms with E-state index in [9.17, 15) is 0 Å². The highest BCUT2D eigenvalue weighted by Crippen LogP contribution is 2.49. The van der Waals surface area contributed by atoms with Crippen LogP contribution in [0.2, 0.25) is 0 Å². The second-order valence-electron chi connectivity index (χ2n) is 9.05. The van der Waals surface area contributed by atoms with Crippen LogP contribution < -0.4 is 5.73 Å². The van der Waals surface area contributed by atoms with Gasteiger partial charge in [0.2, 0.25) is 0 Å². The van der Waals surface area contributed by atoms with Crippen molar-refractivity contribution < 1.29 is 0 Å². The Bertz CT molecular complexity index is 782. The summed E-state index contributed by atoms with van der Waals surface area (Å²) in [6.07, 6.45) is 13.2. The fourth-order valence-corrected chi connectivity index (χ4v) is 6.22. The minimum atomic E-state index is -0.317. The first kappa shape index (κ1) is 25.6. The first-order valence-corrected chi connectivity index (χ1v) is 13.8. The van der Waals surface area contributed by atoms with Crippen LogP contribution in [0.15, 0.2) is 91.0 Å². The van der Waals surface area contributed by atoms with Crippen molar-refractivity contribution in [1.29, 1.82) is 0 Å². The van der Waals surface area contributed by atoms with Gasteiger partial charge < -0.3 is 5.73 Å². The molecule has 0 aliphatic carbocycles. The molecule has 3 aromatic rings. The van der Waals surface area contributed by atoms with Gasteiger partial charge in [-0.3, -0.25) is 0 Å². The lowest BCUT2D eigenvalue weighted by Crippen LogP contribution is -2.31. The molecule has 0 amide bonds. The molecule has 176 valence electrons. The Hall–Kier alpha value is -2.03. The molecule has 0 aliphatic rings. The SMILES string of the molecule is CCCCCCCCCCCC(N)SC(c1ccccc1)(c1ccccc1)c1ccccc1. The van der Waals surface area contributed by atoms with Crippen LogP contribution in [0.3, 0.4) is 0 Å². The van der Waals surface area contributed by atoms with E-state index >= 15 is 0 Å². The van der Waals surface area contributed by atoms with Crippen molar-refractivity contribution >= 4 is 11.8 Å². The van der Waals surface area contributed by atoms with Crippen molar-refractivity contribution in [2.24, 2.45) is 5.73 Å².